The molecule has 0 aliphatic carbocycles. The van der Waals surface area contributed by atoms with E-state index in [0.717, 1.165) is 11.1 Å². The van der Waals surface area contributed by atoms with Crippen molar-refractivity contribution < 1.29 is 4.74 Å². The second-order valence-electron chi connectivity index (χ2n) is 4.22. The Labute approximate surface area is 130 Å². The van der Waals surface area contributed by atoms with Crippen molar-refractivity contribution >= 4 is 45.8 Å². The highest BCUT2D eigenvalue weighted by molar-refractivity contribution is 6.42. The van der Waals surface area contributed by atoms with Gasteiger partial charge in [-0.2, -0.15) is 0 Å². The summed E-state index contributed by atoms with van der Waals surface area (Å²) in [5.41, 5.74) is 2.33. The van der Waals surface area contributed by atoms with Crippen LogP contribution < -0.4 is 4.74 Å². The second-order valence-corrected chi connectivity index (χ2v) is 5.44. The van der Waals surface area contributed by atoms with Crippen molar-refractivity contribution in [3.05, 3.63) is 45.4 Å². The molecule has 0 unspecified atom stereocenters. The number of H-pyrrole nitrogens is 1. The summed E-state index contributed by atoms with van der Waals surface area (Å²) < 4.78 is 5.18. The third kappa shape index (κ3) is 2.33. The molecule has 1 heterocycles. The van der Waals surface area contributed by atoms with E-state index in [-0.39, 0.29) is 0 Å². The predicted molar refractivity (Wildman–Crippen MR) is 83.1 cm³/mol. The summed E-state index contributed by atoms with van der Waals surface area (Å²) in [5, 5.41) is 1.52. The summed E-state index contributed by atoms with van der Waals surface area (Å²) in [6.07, 6.45) is 0. The number of hydrogen-bond acceptors (Lipinski definition) is 2. The Hall–Kier alpha value is -1.42. The first-order valence-corrected chi connectivity index (χ1v) is 6.90. The highest BCUT2D eigenvalue weighted by Gasteiger charge is 2.11. The van der Waals surface area contributed by atoms with Gasteiger partial charge in [-0.25, -0.2) is 4.98 Å². The minimum Gasteiger partial charge on any atom is -0.497 e. The molecule has 0 aliphatic heterocycles. The Morgan fingerprint density at radius 3 is 2.50 bits per heavy atom. The Morgan fingerprint density at radius 2 is 1.80 bits per heavy atom. The number of aromatic nitrogens is 2. The van der Waals surface area contributed by atoms with Gasteiger partial charge in [0.1, 0.15) is 17.1 Å². The lowest BCUT2D eigenvalue weighted by Crippen LogP contribution is -1.82. The van der Waals surface area contributed by atoms with Gasteiger partial charge in [0.2, 0.25) is 0 Å². The molecule has 0 spiro atoms. The molecule has 0 aliphatic rings. The monoisotopic (exact) mass is 326 g/mol. The number of hydrogen-bond donors (Lipinski definition) is 1. The number of benzene rings is 2. The predicted octanol–water partition coefficient (Wildman–Crippen LogP) is 5.20. The molecule has 6 heteroatoms. The molecule has 102 valence electrons. The SMILES string of the molecule is COc1cc(Cl)c2nc(-c3ccc(Cl)c(Cl)c3)[nH]c2c1. The van der Waals surface area contributed by atoms with Crippen LogP contribution in [0.25, 0.3) is 22.4 Å². The molecular formula is C14H9Cl3N2O. The Morgan fingerprint density at radius 1 is 1.00 bits per heavy atom. The van der Waals surface area contributed by atoms with Crippen molar-refractivity contribution in [1.29, 1.82) is 0 Å². The maximum Gasteiger partial charge on any atom is 0.138 e. The van der Waals surface area contributed by atoms with Crippen LogP contribution in [0.5, 0.6) is 5.75 Å². The third-order valence-electron chi connectivity index (χ3n) is 2.94. The zero-order valence-corrected chi connectivity index (χ0v) is 12.6. The average Bonchev–Trinajstić information content (AvgIpc) is 2.86. The lowest BCUT2D eigenvalue weighted by molar-refractivity contribution is 0.415. The van der Waals surface area contributed by atoms with Crippen LogP contribution in [0, 0.1) is 0 Å². The third-order valence-corrected chi connectivity index (χ3v) is 3.97. The minimum absolute atomic E-state index is 0.480. The number of imidazole rings is 1. The first-order chi connectivity index (χ1) is 9.58. The summed E-state index contributed by atoms with van der Waals surface area (Å²) >= 11 is 18.1. The molecule has 1 aromatic heterocycles. The molecule has 3 aromatic rings. The quantitative estimate of drug-likeness (QED) is 0.702. The first kappa shape index (κ1) is 13.6. The summed E-state index contributed by atoms with van der Waals surface area (Å²) in [4.78, 5) is 7.68. The van der Waals surface area contributed by atoms with Crippen LogP contribution in [0.15, 0.2) is 30.3 Å². The standard InChI is InChI=1S/C14H9Cl3N2O/c1-20-8-5-11(17)13-12(6-8)18-14(19-13)7-2-3-9(15)10(16)4-7/h2-6H,1H3,(H,18,19). The van der Waals surface area contributed by atoms with Crippen molar-refractivity contribution in [3.63, 3.8) is 0 Å². The van der Waals surface area contributed by atoms with E-state index in [0.29, 0.717) is 32.2 Å². The number of ether oxygens (including phenoxy) is 1. The van der Waals surface area contributed by atoms with Crippen molar-refractivity contribution in [3.8, 4) is 17.1 Å². The molecule has 0 saturated heterocycles. The second kappa shape index (κ2) is 5.17. The Bertz CT molecular complexity index is 798. The van der Waals surface area contributed by atoms with Crippen LogP contribution in [0.2, 0.25) is 15.1 Å². The van der Waals surface area contributed by atoms with Crippen molar-refractivity contribution in [2.24, 2.45) is 0 Å². The van der Waals surface area contributed by atoms with Crippen molar-refractivity contribution in [1.82, 2.24) is 9.97 Å². The molecular weight excluding hydrogens is 319 g/mol. The van der Waals surface area contributed by atoms with Crippen LogP contribution in [0.4, 0.5) is 0 Å². The summed E-state index contributed by atoms with van der Waals surface area (Å²) in [6.45, 7) is 0. The molecule has 3 rings (SSSR count). The van der Waals surface area contributed by atoms with Gasteiger partial charge in [-0.3, -0.25) is 0 Å². The maximum atomic E-state index is 6.19. The highest BCUT2D eigenvalue weighted by Crippen LogP contribution is 2.32. The fourth-order valence-electron chi connectivity index (χ4n) is 1.95. The fraction of sp³-hybridized carbons (Fsp3) is 0.0714. The lowest BCUT2D eigenvalue weighted by Gasteiger charge is -1.99. The van der Waals surface area contributed by atoms with E-state index in [1.54, 1.807) is 25.3 Å². The molecule has 0 amide bonds. The van der Waals surface area contributed by atoms with Gasteiger partial charge in [0, 0.05) is 17.7 Å². The summed E-state index contributed by atoms with van der Waals surface area (Å²) in [7, 11) is 1.59. The van der Waals surface area contributed by atoms with Gasteiger partial charge in [-0.15, -0.1) is 0 Å². The molecule has 0 radical (unpaired) electrons. The largest absolute Gasteiger partial charge is 0.497 e. The van der Waals surface area contributed by atoms with Gasteiger partial charge in [-0.05, 0) is 18.2 Å². The molecule has 1 N–H and O–H groups in total. The van der Waals surface area contributed by atoms with Crippen molar-refractivity contribution in [2.45, 2.75) is 0 Å². The fourth-order valence-corrected chi connectivity index (χ4v) is 2.50. The Kier molecular flexibility index (Phi) is 3.50. The molecule has 0 atom stereocenters. The van der Waals surface area contributed by atoms with Gasteiger partial charge < -0.3 is 9.72 Å². The molecule has 2 aromatic carbocycles. The van der Waals surface area contributed by atoms with E-state index in [9.17, 15) is 0 Å². The molecule has 0 fully saturated rings. The molecule has 20 heavy (non-hydrogen) atoms. The van der Waals surface area contributed by atoms with Gasteiger partial charge in [0.15, 0.2) is 0 Å². The number of fused-ring (bicyclic) bond motifs is 1. The number of nitrogens with one attached hydrogen (secondary N) is 1. The van der Waals surface area contributed by atoms with Crippen LogP contribution >= 0.6 is 34.8 Å². The van der Waals surface area contributed by atoms with Gasteiger partial charge in [0.25, 0.3) is 0 Å². The number of halogens is 3. The highest BCUT2D eigenvalue weighted by atomic mass is 35.5. The van der Waals surface area contributed by atoms with E-state index >= 15 is 0 Å². The number of rotatable bonds is 2. The van der Waals surface area contributed by atoms with Gasteiger partial charge >= 0.3 is 0 Å². The summed E-state index contributed by atoms with van der Waals surface area (Å²) in [6, 6.07) is 8.90. The molecule has 0 saturated carbocycles. The molecule has 3 nitrogen and oxygen atoms in total. The van der Waals surface area contributed by atoms with Crippen LogP contribution in [-0.4, -0.2) is 17.1 Å². The van der Waals surface area contributed by atoms with E-state index < -0.39 is 0 Å². The number of aromatic amines is 1. The average molecular weight is 328 g/mol. The van der Waals surface area contributed by atoms with Crippen LogP contribution in [-0.2, 0) is 0 Å². The van der Waals surface area contributed by atoms with Crippen LogP contribution in [0.1, 0.15) is 0 Å². The first-order valence-electron chi connectivity index (χ1n) is 5.77. The van der Waals surface area contributed by atoms with E-state index in [1.807, 2.05) is 12.1 Å². The van der Waals surface area contributed by atoms with E-state index in [1.165, 1.54) is 0 Å². The van der Waals surface area contributed by atoms with E-state index in [2.05, 4.69) is 9.97 Å². The maximum absolute atomic E-state index is 6.19. The summed E-state index contributed by atoms with van der Waals surface area (Å²) in [5.74, 6) is 1.35. The van der Waals surface area contributed by atoms with Crippen molar-refractivity contribution in [2.75, 3.05) is 7.11 Å². The Balaban J connectivity index is 2.17. The van der Waals surface area contributed by atoms with E-state index in [4.69, 9.17) is 39.5 Å². The van der Waals surface area contributed by atoms with Crippen LogP contribution in [0.3, 0.4) is 0 Å². The number of nitrogens with zero attached hydrogens (tertiary/aromatic N) is 1. The normalized spacial score (nSPS) is 11.0. The van der Waals surface area contributed by atoms with Gasteiger partial charge in [0.05, 0.1) is 27.7 Å². The topological polar surface area (TPSA) is 37.9 Å². The zero-order valence-electron chi connectivity index (χ0n) is 10.4. The molecule has 0 bridgehead atoms. The number of methoxy groups -OCH3 is 1. The minimum atomic E-state index is 0.480. The lowest BCUT2D eigenvalue weighted by atomic mass is 10.2. The zero-order chi connectivity index (χ0) is 14.3. The smallest absolute Gasteiger partial charge is 0.138 e. The van der Waals surface area contributed by atoms with Gasteiger partial charge in [-0.1, -0.05) is 34.8 Å².